The number of esters is 1. The van der Waals surface area contributed by atoms with Crippen LogP contribution < -0.4 is 5.32 Å². The third kappa shape index (κ3) is 5.42. The number of rotatable bonds is 5. The molecule has 7 heteroatoms. The van der Waals surface area contributed by atoms with Crippen molar-refractivity contribution in [2.24, 2.45) is 0 Å². The molecule has 0 spiro atoms. The van der Waals surface area contributed by atoms with E-state index in [2.05, 4.69) is 10.1 Å². The molecule has 1 N–H and O–H groups in total. The van der Waals surface area contributed by atoms with Gasteiger partial charge in [-0.3, -0.25) is 10.1 Å². The maximum absolute atomic E-state index is 12.5. The maximum atomic E-state index is 12.5. The summed E-state index contributed by atoms with van der Waals surface area (Å²) in [6.07, 6.45) is -0.432. The Morgan fingerprint density at radius 2 is 1.65 bits per heavy atom. The smallest absolute Gasteiger partial charge is 0.412 e. The molecule has 1 aromatic heterocycles. The first-order valence-electron chi connectivity index (χ1n) is 7.96. The molecule has 0 unspecified atom stereocenters. The van der Waals surface area contributed by atoms with E-state index in [1.165, 1.54) is 18.4 Å². The fourth-order valence-electron chi connectivity index (χ4n) is 2.17. The number of ketones is 1. The van der Waals surface area contributed by atoms with E-state index in [4.69, 9.17) is 4.74 Å². The zero-order valence-corrected chi connectivity index (χ0v) is 15.9. The summed E-state index contributed by atoms with van der Waals surface area (Å²) < 4.78 is 9.86. The van der Waals surface area contributed by atoms with E-state index < -0.39 is 17.7 Å². The number of thiophene rings is 1. The fourth-order valence-corrected chi connectivity index (χ4v) is 2.96. The van der Waals surface area contributed by atoms with Crippen LogP contribution in [0, 0.1) is 0 Å². The lowest BCUT2D eigenvalue weighted by molar-refractivity contribution is 0.0598. The topological polar surface area (TPSA) is 81.7 Å². The first kappa shape index (κ1) is 19.7. The average molecular weight is 375 g/mol. The lowest BCUT2D eigenvalue weighted by Crippen LogP contribution is -2.27. The van der Waals surface area contributed by atoms with Crippen molar-refractivity contribution in [3.8, 4) is 0 Å². The van der Waals surface area contributed by atoms with Crippen molar-refractivity contribution in [1.29, 1.82) is 0 Å². The molecule has 0 fully saturated rings. The number of Topliss-reactive ketones (excluding diaryl/α,β-unsaturated/α-hetero) is 1. The summed E-state index contributed by atoms with van der Waals surface area (Å²) in [5.74, 6) is -0.572. The maximum Gasteiger partial charge on any atom is 0.412 e. The Hall–Kier alpha value is -2.67. The third-order valence-corrected chi connectivity index (χ3v) is 4.15. The molecule has 2 aromatic rings. The molecule has 0 bridgehead atoms. The van der Waals surface area contributed by atoms with Gasteiger partial charge in [-0.25, -0.2) is 9.59 Å². The van der Waals surface area contributed by atoms with Gasteiger partial charge < -0.3 is 9.47 Å². The minimum absolute atomic E-state index is 0.118. The minimum Gasteiger partial charge on any atom is -0.465 e. The Morgan fingerprint density at radius 1 is 1.04 bits per heavy atom. The van der Waals surface area contributed by atoms with Crippen molar-refractivity contribution in [2.75, 3.05) is 12.4 Å². The van der Waals surface area contributed by atoms with Crippen molar-refractivity contribution in [3.63, 3.8) is 0 Å². The number of carbonyl (C=O) groups is 3. The summed E-state index contributed by atoms with van der Waals surface area (Å²) in [6.45, 7) is 5.34. The molecule has 0 radical (unpaired) electrons. The van der Waals surface area contributed by atoms with Crippen LogP contribution >= 0.6 is 11.3 Å². The fraction of sp³-hybridized carbons (Fsp3) is 0.316. The van der Waals surface area contributed by atoms with Crippen molar-refractivity contribution in [3.05, 3.63) is 51.7 Å². The van der Waals surface area contributed by atoms with Crippen LogP contribution in [0.25, 0.3) is 0 Å². The van der Waals surface area contributed by atoms with E-state index in [0.29, 0.717) is 22.4 Å². The molecule has 1 aromatic carbocycles. The van der Waals surface area contributed by atoms with Gasteiger partial charge >= 0.3 is 12.1 Å². The third-order valence-electron chi connectivity index (χ3n) is 3.36. The van der Waals surface area contributed by atoms with E-state index in [1.54, 1.807) is 50.4 Å². The van der Waals surface area contributed by atoms with Crippen LogP contribution in [-0.2, 0) is 15.9 Å². The average Bonchev–Trinajstić information content (AvgIpc) is 2.99. The Kier molecular flexibility index (Phi) is 6.15. The van der Waals surface area contributed by atoms with Crippen LogP contribution in [0.2, 0.25) is 0 Å². The standard InChI is InChI=1S/C19H21NO5S/c1-19(2,3)25-18(23)20-15-11-26-10-14(15)9-16(21)12-5-7-13(8-6-12)17(22)24-4/h5-8,10-11H,9H2,1-4H3,(H,20,23). The molecule has 2 rings (SSSR count). The molecule has 6 nitrogen and oxygen atoms in total. The van der Waals surface area contributed by atoms with Gasteiger partial charge in [-0.05, 0) is 43.8 Å². The van der Waals surface area contributed by atoms with Crippen LogP contribution in [0.3, 0.4) is 0 Å². The lowest BCUT2D eigenvalue weighted by atomic mass is 10.0. The van der Waals surface area contributed by atoms with Crippen LogP contribution in [-0.4, -0.2) is 30.6 Å². The predicted octanol–water partition coefficient (Wildman–Crippen LogP) is 4.31. The summed E-state index contributed by atoms with van der Waals surface area (Å²) in [6, 6.07) is 6.27. The number of hydrogen-bond acceptors (Lipinski definition) is 6. The highest BCUT2D eigenvalue weighted by atomic mass is 32.1. The van der Waals surface area contributed by atoms with Crippen LogP contribution in [0.4, 0.5) is 10.5 Å². The van der Waals surface area contributed by atoms with Gasteiger partial charge in [0.05, 0.1) is 18.4 Å². The van der Waals surface area contributed by atoms with E-state index in [0.717, 1.165) is 0 Å². The Balaban J connectivity index is 2.05. The molecule has 26 heavy (non-hydrogen) atoms. The van der Waals surface area contributed by atoms with Crippen molar-refractivity contribution in [2.45, 2.75) is 32.8 Å². The van der Waals surface area contributed by atoms with E-state index >= 15 is 0 Å². The summed E-state index contributed by atoms with van der Waals surface area (Å²) in [5.41, 5.74) is 1.53. The zero-order valence-electron chi connectivity index (χ0n) is 15.1. The van der Waals surface area contributed by atoms with Crippen LogP contribution in [0.5, 0.6) is 0 Å². The Morgan fingerprint density at radius 3 is 2.23 bits per heavy atom. The molecule has 1 amide bonds. The number of nitrogens with one attached hydrogen (secondary N) is 1. The van der Waals surface area contributed by atoms with Gasteiger partial charge in [-0.2, -0.15) is 0 Å². The van der Waals surface area contributed by atoms with Crippen LogP contribution in [0.1, 0.15) is 47.1 Å². The van der Waals surface area contributed by atoms with Gasteiger partial charge in [-0.15, -0.1) is 11.3 Å². The van der Waals surface area contributed by atoms with Gasteiger partial charge in [-0.1, -0.05) is 12.1 Å². The number of hydrogen-bond donors (Lipinski definition) is 1. The normalized spacial score (nSPS) is 10.9. The summed E-state index contributed by atoms with van der Waals surface area (Å²) in [7, 11) is 1.30. The number of methoxy groups -OCH3 is 1. The van der Waals surface area contributed by atoms with Crippen molar-refractivity contribution in [1.82, 2.24) is 0 Å². The van der Waals surface area contributed by atoms with Gasteiger partial charge in [0.1, 0.15) is 5.60 Å². The van der Waals surface area contributed by atoms with E-state index in [9.17, 15) is 14.4 Å². The van der Waals surface area contributed by atoms with E-state index in [-0.39, 0.29) is 12.2 Å². The molecule has 0 saturated carbocycles. The van der Waals surface area contributed by atoms with Gasteiger partial charge in [0.25, 0.3) is 0 Å². The molecule has 1 heterocycles. The number of carbonyl (C=O) groups excluding carboxylic acids is 3. The second-order valence-electron chi connectivity index (χ2n) is 6.61. The highest BCUT2D eigenvalue weighted by molar-refractivity contribution is 7.08. The first-order valence-corrected chi connectivity index (χ1v) is 8.90. The summed E-state index contributed by atoms with van der Waals surface area (Å²) in [5, 5.41) is 6.24. The van der Waals surface area contributed by atoms with Crippen molar-refractivity contribution >= 4 is 34.9 Å². The Bertz CT molecular complexity index is 802. The molecular weight excluding hydrogens is 354 g/mol. The van der Waals surface area contributed by atoms with Gasteiger partial charge in [0, 0.05) is 17.4 Å². The summed E-state index contributed by atoms with van der Waals surface area (Å²) in [4.78, 5) is 35.8. The molecular formula is C19H21NO5S. The minimum atomic E-state index is -0.600. The van der Waals surface area contributed by atoms with E-state index in [1.807, 2.05) is 5.38 Å². The molecule has 0 aliphatic rings. The predicted molar refractivity (Wildman–Crippen MR) is 100.0 cm³/mol. The Labute approximate surface area is 156 Å². The summed E-state index contributed by atoms with van der Waals surface area (Å²) >= 11 is 1.39. The SMILES string of the molecule is COC(=O)c1ccc(C(=O)Cc2cscc2NC(=O)OC(C)(C)C)cc1. The molecule has 0 aliphatic carbocycles. The highest BCUT2D eigenvalue weighted by Gasteiger charge is 2.18. The second-order valence-corrected chi connectivity index (χ2v) is 7.35. The quantitative estimate of drug-likeness (QED) is 0.622. The number of amides is 1. The lowest BCUT2D eigenvalue weighted by Gasteiger charge is -2.19. The zero-order chi connectivity index (χ0) is 19.3. The molecule has 0 atom stereocenters. The van der Waals surface area contributed by atoms with Crippen molar-refractivity contribution < 1.29 is 23.9 Å². The molecule has 138 valence electrons. The number of benzene rings is 1. The molecule has 0 aliphatic heterocycles. The second kappa shape index (κ2) is 8.14. The first-order chi connectivity index (χ1) is 12.2. The number of ether oxygens (including phenoxy) is 2. The largest absolute Gasteiger partial charge is 0.465 e. The molecule has 0 saturated heterocycles. The van der Waals surface area contributed by atoms with Gasteiger partial charge in [0.2, 0.25) is 0 Å². The number of anilines is 1. The van der Waals surface area contributed by atoms with Crippen LogP contribution in [0.15, 0.2) is 35.0 Å². The highest BCUT2D eigenvalue weighted by Crippen LogP contribution is 2.24. The van der Waals surface area contributed by atoms with Gasteiger partial charge in [0.15, 0.2) is 5.78 Å². The monoisotopic (exact) mass is 375 g/mol.